The third-order valence-corrected chi connectivity index (χ3v) is 5.27. The number of fused-ring (bicyclic) bond motifs is 1. The minimum absolute atomic E-state index is 0.0664. The van der Waals surface area contributed by atoms with Crippen LogP contribution in [0.5, 0.6) is 11.5 Å². The number of aromatic nitrogens is 2. The molecule has 1 aliphatic rings. The lowest BCUT2D eigenvalue weighted by atomic mass is 9.84. The van der Waals surface area contributed by atoms with Crippen molar-refractivity contribution in [3.05, 3.63) is 30.0 Å². The van der Waals surface area contributed by atoms with Crippen molar-refractivity contribution in [1.29, 1.82) is 0 Å². The Balaban J connectivity index is 1.96. The van der Waals surface area contributed by atoms with Gasteiger partial charge in [0.15, 0.2) is 11.5 Å². The van der Waals surface area contributed by atoms with Gasteiger partial charge < -0.3 is 19.7 Å². The Bertz CT molecular complexity index is 854. The minimum atomic E-state index is -0.0852. The van der Waals surface area contributed by atoms with E-state index in [1.165, 1.54) is 0 Å². The molecular weight excluding hydrogens is 356 g/mol. The highest BCUT2D eigenvalue weighted by atomic mass is 16.5. The first-order valence-electron chi connectivity index (χ1n) is 9.67. The summed E-state index contributed by atoms with van der Waals surface area (Å²) in [5, 5.41) is 7.93. The fourth-order valence-corrected chi connectivity index (χ4v) is 3.76. The Labute approximate surface area is 166 Å². The second-order valence-electron chi connectivity index (χ2n) is 8.04. The van der Waals surface area contributed by atoms with Crippen molar-refractivity contribution in [2.24, 2.45) is 5.41 Å². The van der Waals surface area contributed by atoms with Gasteiger partial charge in [-0.2, -0.15) is 5.10 Å². The SMILES string of the molecule is CCN(C(=O)c1cnn2c1NCCC2C(C)(C)C)c1ccc(OC)c(OC)c1. The molecule has 1 aliphatic heterocycles. The Morgan fingerprint density at radius 3 is 2.61 bits per heavy atom. The molecule has 0 saturated carbocycles. The maximum Gasteiger partial charge on any atom is 0.263 e. The Morgan fingerprint density at radius 2 is 2.00 bits per heavy atom. The fourth-order valence-electron chi connectivity index (χ4n) is 3.76. The molecule has 0 spiro atoms. The maximum absolute atomic E-state index is 13.4. The van der Waals surface area contributed by atoms with Gasteiger partial charge in [0.1, 0.15) is 11.4 Å². The lowest BCUT2D eigenvalue weighted by Gasteiger charge is -2.35. The monoisotopic (exact) mass is 386 g/mol. The molecule has 1 aromatic carbocycles. The number of hydrogen-bond donors (Lipinski definition) is 1. The summed E-state index contributed by atoms with van der Waals surface area (Å²) >= 11 is 0. The van der Waals surface area contributed by atoms with E-state index in [0.29, 0.717) is 23.6 Å². The van der Waals surface area contributed by atoms with Crippen molar-refractivity contribution in [3.8, 4) is 11.5 Å². The summed E-state index contributed by atoms with van der Waals surface area (Å²) in [6.07, 6.45) is 2.66. The van der Waals surface area contributed by atoms with Crippen LogP contribution in [-0.4, -0.2) is 43.0 Å². The highest BCUT2D eigenvalue weighted by Crippen LogP contribution is 2.39. The molecule has 0 fully saturated rings. The molecular formula is C21H30N4O3. The summed E-state index contributed by atoms with van der Waals surface area (Å²) in [5.74, 6) is 1.94. The van der Waals surface area contributed by atoms with Crippen molar-refractivity contribution in [2.75, 3.05) is 37.5 Å². The number of benzene rings is 1. The molecule has 7 heteroatoms. The van der Waals surface area contributed by atoms with Gasteiger partial charge in [-0.3, -0.25) is 4.79 Å². The standard InChI is InChI=1S/C21H30N4O3/c1-7-24(14-8-9-16(27-5)17(12-14)28-6)20(26)15-13-23-25-18(21(2,3)4)10-11-22-19(15)25/h8-9,12-13,18,22H,7,10-11H2,1-6H3. The van der Waals surface area contributed by atoms with Gasteiger partial charge in [0, 0.05) is 24.8 Å². The first kappa shape index (κ1) is 20.0. The summed E-state index contributed by atoms with van der Waals surface area (Å²) in [6.45, 7) is 9.93. The van der Waals surface area contributed by atoms with E-state index >= 15 is 0 Å². The van der Waals surface area contributed by atoms with Gasteiger partial charge >= 0.3 is 0 Å². The molecule has 1 amide bonds. The van der Waals surface area contributed by atoms with E-state index in [9.17, 15) is 4.79 Å². The predicted molar refractivity (Wildman–Crippen MR) is 111 cm³/mol. The minimum Gasteiger partial charge on any atom is -0.493 e. The van der Waals surface area contributed by atoms with Crippen LogP contribution < -0.4 is 19.7 Å². The molecule has 2 heterocycles. The van der Waals surface area contributed by atoms with E-state index in [0.717, 1.165) is 24.5 Å². The fraction of sp³-hybridized carbons (Fsp3) is 0.524. The van der Waals surface area contributed by atoms with Gasteiger partial charge in [-0.05, 0) is 30.9 Å². The number of rotatable bonds is 5. The van der Waals surface area contributed by atoms with Crippen molar-refractivity contribution in [3.63, 3.8) is 0 Å². The highest BCUT2D eigenvalue weighted by molar-refractivity contribution is 6.09. The zero-order valence-electron chi connectivity index (χ0n) is 17.6. The quantitative estimate of drug-likeness (QED) is 0.842. The molecule has 0 saturated heterocycles. The molecule has 0 aliphatic carbocycles. The number of carbonyl (C=O) groups excluding carboxylic acids is 1. The molecule has 1 aromatic heterocycles. The smallest absolute Gasteiger partial charge is 0.263 e. The third kappa shape index (κ3) is 3.53. The van der Waals surface area contributed by atoms with Crippen molar-refractivity contribution in [2.45, 2.75) is 40.2 Å². The number of nitrogens with one attached hydrogen (secondary N) is 1. The summed E-state index contributed by atoms with van der Waals surface area (Å²) in [6, 6.07) is 5.75. The van der Waals surface area contributed by atoms with Crippen LogP contribution in [0.3, 0.4) is 0 Å². The van der Waals surface area contributed by atoms with Crippen molar-refractivity contribution < 1.29 is 14.3 Å². The number of nitrogens with zero attached hydrogens (tertiary/aromatic N) is 3. The molecule has 152 valence electrons. The molecule has 0 bridgehead atoms. The summed E-state index contributed by atoms with van der Waals surface area (Å²) < 4.78 is 12.7. The molecule has 1 atom stereocenters. The third-order valence-electron chi connectivity index (χ3n) is 5.27. The van der Waals surface area contributed by atoms with E-state index in [4.69, 9.17) is 9.47 Å². The maximum atomic E-state index is 13.4. The molecule has 0 radical (unpaired) electrons. The normalized spacial score (nSPS) is 16.1. The molecule has 1 unspecified atom stereocenters. The number of amides is 1. The van der Waals surface area contributed by atoms with E-state index in [1.54, 1.807) is 25.3 Å². The lowest BCUT2D eigenvalue weighted by molar-refractivity contribution is 0.0988. The Kier molecular flexibility index (Phi) is 5.54. The highest BCUT2D eigenvalue weighted by Gasteiger charge is 2.34. The van der Waals surface area contributed by atoms with Crippen molar-refractivity contribution >= 4 is 17.4 Å². The van der Waals surface area contributed by atoms with Crippen LogP contribution in [0.4, 0.5) is 11.5 Å². The second-order valence-corrected chi connectivity index (χ2v) is 8.04. The van der Waals surface area contributed by atoms with Gasteiger partial charge in [0.2, 0.25) is 0 Å². The van der Waals surface area contributed by atoms with Gasteiger partial charge in [-0.25, -0.2) is 4.68 Å². The van der Waals surface area contributed by atoms with Gasteiger partial charge in [-0.1, -0.05) is 20.8 Å². The van der Waals surface area contributed by atoms with E-state index in [2.05, 4.69) is 31.2 Å². The molecule has 3 rings (SSSR count). The predicted octanol–water partition coefficient (Wildman–Crippen LogP) is 3.97. The summed E-state index contributed by atoms with van der Waals surface area (Å²) in [5.41, 5.74) is 1.41. The first-order valence-corrected chi connectivity index (χ1v) is 9.67. The Hall–Kier alpha value is -2.70. The summed E-state index contributed by atoms with van der Waals surface area (Å²) in [4.78, 5) is 15.1. The number of methoxy groups -OCH3 is 2. The van der Waals surface area contributed by atoms with Crippen LogP contribution in [0.15, 0.2) is 24.4 Å². The first-order chi connectivity index (χ1) is 13.3. The zero-order chi connectivity index (χ0) is 20.5. The average Bonchev–Trinajstić information content (AvgIpc) is 3.11. The molecule has 28 heavy (non-hydrogen) atoms. The second kappa shape index (κ2) is 7.73. The molecule has 7 nitrogen and oxygen atoms in total. The largest absolute Gasteiger partial charge is 0.493 e. The number of anilines is 2. The zero-order valence-corrected chi connectivity index (χ0v) is 17.6. The van der Waals surface area contributed by atoms with Crippen LogP contribution >= 0.6 is 0 Å². The lowest BCUT2D eigenvalue weighted by Crippen LogP contribution is -2.34. The molecule has 1 N–H and O–H groups in total. The molecule has 2 aromatic rings. The van der Waals surface area contributed by atoms with Crippen LogP contribution in [-0.2, 0) is 0 Å². The van der Waals surface area contributed by atoms with Crippen LogP contribution in [0.25, 0.3) is 0 Å². The van der Waals surface area contributed by atoms with Gasteiger partial charge in [0.25, 0.3) is 5.91 Å². The van der Waals surface area contributed by atoms with Crippen LogP contribution in [0.2, 0.25) is 0 Å². The Morgan fingerprint density at radius 1 is 1.29 bits per heavy atom. The van der Waals surface area contributed by atoms with Crippen molar-refractivity contribution in [1.82, 2.24) is 9.78 Å². The van der Waals surface area contributed by atoms with E-state index in [-0.39, 0.29) is 17.4 Å². The van der Waals surface area contributed by atoms with Gasteiger partial charge in [0.05, 0.1) is 26.5 Å². The van der Waals surface area contributed by atoms with E-state index in [1.807, 2.05) is 29.8 Å². The number of carbonyl (C=O) groups is 1. The van der Waals surface area contributed by atoms with Gasteiger partial charge in [-0.15, -0.1) is 0 Å². The van der Waals surface area contributed by atoms with Crippen LogP contribution in [0, 0.1) is 5.41 Å². The topological polar surface area (TPSA) is 68.6 Å². The summed E-state index contributed by atoms with van der Waals surface area (Å²) in [7, 11) is 3.18. The van der Waals surface area contributed by atoms with E-state index < -0.39 is 0 Å². The number of hydrogen-bond acceptors (Lipinski definition) is 5. The number of ether oxygens (including phenoxy) is 2. The average molecular weight is 386 g/mol. The van der Waals surface area contributed by atoms with Crippen LogP contribution in [0.1, 0.15) is 50.5 Å².